The minimum absolute atomic E-state index is 0.0794. The molecule has 1 saturated heterocycles. The molecule has 1 heterocycles. The van der Waals surface area contributed by atoms with Crippen molar-refractivity contribution in [3.63, 3.8) is 0 Å². The smallest absolute Gasteiger partial charge is 0.239 e. The fourth-order valence-corrected chi connectivity index (χ4v) is 3.88. The monoisotopic (exact) mass is 345 g/mol. The normalized spacial score (nSPS) is 20.1. The summed E-state index contributed by atoms with van der Waals surface area (Å²) in [6.07, 6.45) is 8.68. The second-order valence-corrected chi connectivity index (χ2v) is 7.34. The van der Waals surface area contributed by atoms with E-state index in [1.54, 1.807) is 0 Å². The van der Waals surface area contributed by atoms with Crippen LogP contribution in [-0.2, 0) is 4.79 Å². The number of hydrogen-bond acceptors (Lipinski definition) is 4. The van der Waals surface area contributed by atoms with Crippen LogP contribution in [0.25, 0.3) is 0 Å². The van der Waals surface area contributed by atoms with Crippen molar-refractivity contribution in [1.29, 1.82) is 0 Å². The molecule has 0 unspecified atom stereocenters. The van der Waals surface area contributed by atoms with Gasteiger partial charge in [-0.2, -0.15) is 0 Å². The summed E-state index contributed by atoms with van der Waals surface area (Å²) in [4.78, 5) is 14.6. The zero-order valence-electron chi connectivity index (χ0n) is 15.0. The van der Waals surface area contributed by atoms with Crippen LogP contribution in [0.2, 0.25) is 0 Å². The molecule has 2 fully saturated rings. The predicted octanol–water partition coefficient (Wildman–Crippen LogP) is 2.90. The van der Waals surface area contributed by atoms with E-state index in [0.29, 0.717) is 12.6 Å². The van der Waals surface area contributed by atoms with Gasteiger partial charge in [-0.1, -0.05) is 37.8 Å². The second-order valence-electron chi connectivity index (χ2n) is 7.34. The Hall–Kier alpha value is -1.75. The molecule has 0 atom stereocenters. The third-order valence-electron chi connectivity index (χ3n) is 5.37. The second kappa shape index (κ2) is 9.09. The summed E-state index contributed by atoms with van der Waals surface area (Å²) in [5.41, 5.74) is 2.12. The highest BCUT2D eigenvalue weighted by molar-refractivity contribution is 5.83. The van der Waals surface area contributed by atoms with Crippen molar-refractivity contribution in [1.82, 2.24) is 5.32 Å². The zero-order valence-corrected chi connectivity index (χ0v) is 15.0. The van der Waals surface area contributed by atoms with Crippen molar-refractivity contribution < 1.29 is 9.90 Å². The van der Waals surface area contributed by atoms with E-state index in [4.69, 9.17) is 0 Å². The lowest BCUT2D eigenvalue weighted by atomic mass is 10.1. The summed E-state index contributed by atoms with van der Waals surface area (Å²) in [5.74, 6) is 0.0794. The molecule has 1 aliphatic carbocycles. The lowest BCUT2D eigenvalue weighted by Gasteiger charge is -2.33. The van der Waals surface area contributed by atoms with E-state index in [-0.39, 0.29) is 12.0 Å². The Morgan fingerprint density at radius 1 is 1.04 bits per heavy atom. The Morgan fingerprint density at radius 3 is 2.44 bits per heavy atom. The van der Waals surface area contributed by atoms with Crippen molar-refractivity contribution in [2.24, 2.45) is 0 Å². The van der Waals surface area contributed by atoms with Gasteiger partial charge >= 0.3 is 0 Å². The van der Waals surface area contributed by atoms with Crippen LogP contribution in [0.3, 0.4) is 0 Å². The standard InChI is InChI=1S/C20H31N3O2/c24-17-11-13-23(14-12-17)19-10-6-5-9-18(19)21-15-20(25)22-16-7-3-1-2-4-8-16/h5-6,9-10,16-17,21,24H,1-4,7-8,11-15H2,(H,22,25). The number of anilines is 2. The average Bonchev–Trinajstić information content (AvgIpc) is 2.90. The summed E-state index contributed by atoms with van der Waals surface area (Å²) >= 11 is 0. The molecule has 5 heteroatoms. The number of amides is 1. The van der Waals surface area contributed by atoms with Crippen LogP contribution >= 0.6 is 0 Å². The van der Waals surface area contributed by atoms with Gasteiger partial charge < -0.3 is 20.6 Å². The number of benzene rings is 1. The first-order chi connectivity index (χ1) is 12.2. The van der Waals surface area contributed by atoms with E-state index in [2.05, 4.69) is 21.6 Å². The third kappa shape index (κ3) is 5.36. The number of nitrogens with zero attached hydrogens (tertiary/aromatic N) is 1. The highest BCUT2D eigenvalue weighted by Gasteiger charge is 2.20. The third-order valence-corrected chi connectivity index (χ3v) is 5.37. The van der Waals surface area contributed by atoms with E-state index in [1.807, 2.05) is 18.2 Å². The number of para-hydroxylation sites is 2. The molecule has 2 aliphatic rings. The Morgan fingerprint density at radius 2 is 1.72 bits per heavy atom. The predicted molar refractivity (Wildman–Crippen MR) is 102 cm³/mol. The van der Waals surface area contributed by atoms with Crippen molar-refractivity contribution in [2.75, 3.05) is 29.9 Å². The van der Waals surface area contributed by atoms with Crippen LogP contribution < -0.4 is 15.5 Å². The Kier molecular flexibility index (Phi) is 6.56. The summed E-state index contributed by atoms with van der Waals surface area (Å²) in [5, 5.41) is 16.2. The molecule has 1 aromatic carbocycles. The summed E-state index contributed by atoms with van der Waals surface area (Å²) in [6.45, 7) is 2.02. The number of nitrogens with one attached hydrogen (secondary N) is 2. The van der Waals surface area contributed by atoms with Crippen LogP contribution in [0.1, 0.15) is 51.4 Å². The largest absolute Gasteiger partial charge is 0.393 e. The van der Waals surface area contributed by atoms with E-state index < -0.39 is 0 Å². The number of aliphatic hydroxyl groups is 1. The molecule has 0 radical (unpaired) electrons. The minimum Gasteiger partial charge on any atom is -0.393 e. The molecule has 3 N–H and O–H groups in total. The lowest BCUT2D eigenvalue weighted by molar-refractivity contribution is -0.120. The number of piperidine rings is 1. The number of hydrogen-bond donors (Lipinski definition) is 3. The van der Waals surface area contributed by atoms with Gasteiger partial charge in [0.25, 0.3) is 0 Å². The maximum atomic E-state index is 12.3. The molecule has 25 heavy (non-hydrogen) atoms. The maximum Gasteiger partial charge on any atom is 0.239 e. The molecule has 3 rings (SSSR count). The first kappa shape index (κ1) is 18.1. The number of carbonyl (C=O) groups is 1. The van der Waals surface area contributed by atoms with Gasteiger partial charge in [0.2, 0.25) is 5.91 Å². The van der Waals surface area contributed by atoms with Crippen LogP contribution in [-0.4, -0.2) is 42.8 Å². The highest BCUT2D eigenvalue weighted by atomic mass is 16.3. The molecule has 0 bridgehead atoms. The summed E-state index contributed by atoms with van der Waals surface area (Å²) in [7, 11) is 0. The van der Waals surface area contributed by atoms with E-state index in [9.17, 15) is 9.90 Å². The van der Waals surface area contributed by atoms with E-state index in [1.165, 1.54) is 25.7 Å². The molecule has 1 amide bonds. The topological polar surface area (TPSA) is 64.6 Å². The first-order valence-corrected chi connectivity index (χ1v) is 9.77. The fourth-order valence-electron chi connectivity index (χ4n) is 3.88. The molecule has 0 spiro atoms. The van der Waals surface area contributed by atoms with Gasteiger partial charge in [-0.15, -0.1) is 0 Å². The van der Waals surface area contributed by atoms with Gasteiger partial charge in [-0.25, -0.2) is 0 Å². The van der Waals surface area contributed by atoms with Crippen LogP contribution in [0.5, 0.6) is 0 Å². The average molecular weight is 345 g/mol. The summed E-state index contributed by atoms with van der Waals surface area (Å²) < 4.78 is 0. The summed E-state index contributed by atoms with van der Waals surface area (Å²) in [6, 6.07) is 8.48. The molecular weight excluding hydrogens is 314 g/mol. The molecule has 138 valence electrons. The Labute approximate surface area is 150 Å². The Balaban J connectivity index is 1.53. The highest BCUT2D eigenvalue weighted by Crippen LogP contribution is 2.28. The molecule has 5 nitrogen and oxygen atoms in total. The molecule has 1 aliphatic heterocycles. The van der Waals surface area contributed by atoms with E-state index >= 15 is 0 Å². The van der Waals surface area contributed by atoms with Crippen LogP contribution in [0.15, 0.2) is 24.3 Å². The van der Waals surface area contributed by atoms with Crippen LogP contribution in [0.4, 0.5) is 11.4 Å². The van der Waals surface area contributed by atoms with Gasteiger partial charge in [0.15, 0.2) is 0 Å². The van der Waals surface area contributed by atoms with Gasteiger partial charge in [0.1, 0.15) is 0 Å². The van der Waals surface area contributed by atoms with Gasteiger partial charge in [-0.05, 0) is 37.8 Å². The van der Waals surface area contributed by atoms with Crippen LogP contribution in [0, 0.1) is 0 Å². The SMILES string of the molecule is O=C(CNc1ccccc1N1CCC(O)CC1)NC1CCCCCC1. The quantitative estimate of drug-likeness (QED) is 0.718. The molecular formula is C20H31N3O2. The molecule has 1 aromatic rings. The molecule has 1 saturated carbocycles. The lowest BCUT2D eigenvalue weighted by Crippen LogP contribution is -2.39. The molecule has 0 aromatic heterocycles. The fraction of sp³-hybridized carbons (Fsp3) is 0.650. The zero-order chi connectivity index (χ0) is 17.5. The van der Waals surface area contributed by atoms with Crippen molar-refractivity contribution in [3.05, 3.63) is 24.3 Å². The minimum atomic E-state index is -0.179. The first-order valence-electron chi connectivity index (χ1n) is 9.77. The van der Waals surface area contributed by atoms with Gasteiger partial charge in [-0.3, -0.25) is 4.79 Å². The van der Waals surface area contributed by atoms with Crippen molar-refractivity contribution in [2.45, 2.75) is 63.5 Å². The van der Waals surface area contributed by atoms with Gasteiger partial charge in [0.05, 0.1) is 24.0 Å². The maximum absolute atomic E-state index is 12.3. The van der Waals surface area contributed by atoms with Crippen molar-refractivity contribution in [3.8, 4) is 0 Å². The van der Waals surface area contributed by atoms with Gasteiger partial charge in [0, 0.05) is 19.1 Å². The number of carbonyl (C=O) groups excluding carboxylic acids is 1. The Bertz CT molecular complexity index is 548. The van der Waals surface area contributed by atoms with E-state index in [0.717, 1.165) is 50.1 Å². The number of aliphatic hydroxyl groups excluding tert-OH is 1. The number of rotatable bonds is 5. The van der Waals surface area contributed by atoms with Crippen molar-refractivity contribution >= 4 is 17.3 Å².